The third kappa shape index (κ3) is 5.92. The van der Waals surface area contributed by atoms with Crippen LogP contribution in [0.15, 0.2) is 54.6 Å². The largest absolute Gasteiger partial charge is 0.348 e. The highest BCUT2D eigenvalue weighted by molar-refractivity contribution is 7.98. The van der Waals surface area contributed by atoms with E-state index in [4.69, 9.17) is 0 Å². The highest BCUT2D eigenvalue weighted by Crippen LogP contribution is 2.12. The molecule has 5 heteroatoms. The first kappa shape index (κ1) is 20.0. The fourth-order valence-electron chi connectivity index (χ4n) is 2.67. The number of nitrogens with one attached hydrogen (secondary N) is 2. The van der Waals surface area contributed by atoms with Crippen LogP contribution >= 0.6 is 11.8 Å². The zero-order valence-corrected chi connectivity index (χ0v) is 16.3. The van der Waals surface area contributed by atoms with E-state index in [1.807, 2.05) is 68.6 Å². The van der Waals surface area contributed by atoms with Crippen LogP contribution in [-0.2, 0) is 4.79 Å². The molecule has 0 radical (unpaired) electrons. The second-order valence-electron chi connectivity index (χ2n) is 6.32. The first-order valence-electron chi connectivity index (χ1n) is 8.73. The van der Waals surface area contributed by atoms with Gasteiger partial charge in [0.05, 0.1) is 6.04 Å². The van der Waals surface area contributed by atoms with Gasteiger partial charge in [0.15, 0.2) is 0 Å². The summed E-state index contributed by atoms with van der Waals surface area (Å²) in [6.07, 6.45) is 2.58. The Labute approximate surface area is 159 Å². The average Bonchev–Trinajstić information content (AvgIpc) is 2.65. The highest BCUT2D eigenvalue weighted by atomic mass is 32.2. The fraction of sp³-hybridized carbons (Fsp3) is 0.333. The van der Waals surface area contributed by atoms with Crippen molar-refractivity contribution < 1.29 is 9.59 Å². The lowest BCUT2D eigenvalue weighted by atomic mass is 10.1. The molecule has 4 nitrogen and oxygen atoms in total. The summed E-state index contributed by atoms with van der Waals surface area (Å²) in [4.78, 5) is 25.3. The van der Waals surface area contributed by atoms with E-state index in [0.29, 0.717) is 12.0 Å². The van der Waals surface area contributed by atoms with Crippen LogP contribution in [0.1, 0.15) is 40.9 Å². The van der Waals surface area contributed by atoms with E-state index in [2.05, 4.69) is 10.6 Å². The van der Waals surface area contributed by atoms with Gasteiger partial charge < -0.3 is 10.6 Å². The van der Waals surface area contributed by atoms with Crippen LogP contribution in [0.25, 0.3) is 0 Å². The Balaban J connectivity index is 2.05. The van der Waals surface area contributed by atoms with Gasteiger partial charge in [-0.1, -0.05) is 48.0 Å². The minimum atomic E-state index is -0.554. The van der Waals surface area contributed by atoms with Crippen LogP contribution in [0.2, 0.25) is 0 Å². The van der Waals surface area contributed by atoms with Crippen molar-refractivity contribution in [1.29, 1.82) is 0 Å². The van der Waals surface area contributed by atoms with Gasteiger partial charge in [0.2, 0.25) is 5.91 Å². The summed E-state index contributed by atoms with van der Waals surface area (Å²) in [5.41, 5.74) is 2.62. The summed E-state index contributed by atoms with van der Waals surface area (Å²) in [5.74, 6) is 0.421. The third-order valence-corrected chi connectivity index (χ3v) is 4.82. The molecule has 0 aliphatic rings. The van der Waals surface area contributed by atoms with Crippen molar-refractivity contribution in [2.24, 2.45) is 0 Å². The predicted octanol–water partition coefficient (Wildman–Crippen LogP) is 3.72. The van der Waals surface area contributed by atoms with E-state index in [1.165, 1.54) is 0 Å². The van der Waals surface area contributed by atoms with Crippen LogP contribution in [0.5, 0.6) is 0 Å². The van der Waals surface area contributed by atoms with Crippen molar-refractivity contribution in [3.05, 3.63) is 71.3 Å². The average molecular weight is 371 g/mol. The molecule has 0 heterocycles. The molecular formula is C21H26N2O2S. The molecule has 2 atom stereocenters. The van der Waals surface area contributed by atoms with E-state index < -0.39 is 6.04 Å². The molecule has 0 fully saturated rings. The lowest BCUT2D eigenvalue weighted by Crippen LogP contribution is -2.47. The van der Waals surface area contributed by atoms with E-state index in [0.717, 1.165) is 16.9 Å². The van der Waals surface area contributed by atoms with Crippen LogP contribution < -0.4 is 10.6 Å². The summed E-state index contributed by atoms with van der Waals surface area (Å²) in [6, 6.07) is 16.5. The monoisotopic (exact) mass is 370 g/mol. The molecule has 0 aromatic heterocycles. The minimum Gasteiger partial charge on any atom is -0.348 e. The van der Waals surface area contributed by atoms with Gasteiger partial charge in [0.25, 0.3) is 5.91 Å². The number of carbonyl (C=O) groups excluding carboxylic acids is 2. The first-order valence-corrected chi connectivity index (χ1v) is 10.1. The maximum absolute atomic E-state index is 12.7. The Bertz CT molecular complexity index is 734. The molecule has 0 aliphatic heterocycles. The molecule has 0 saturated heterocycles. The van der Waals surface area contributed by atoms with Crippen molar-refractivity contribution in [3.63, 3.8) is 0 Å². The number of rotatable bonds is 8. The van der Waals surface area contributed by atoms with Gasteiger partial charge in [0, 0.05) is 5.56 Å². The molecule has 2 aromatic rings. The number of aryl methyl sites for hydroxylation is 1. The Morgan fingerprint density at radius 2 is 1.77 bits per heavy atom. The van der Waals surface area contributed by atoms with Crippen LogP contribution in [0, 0.1) is 6.92 Å². The maximum atomic E-state index is 12.7. The van der Waals surface area contributed by atoms with Crippen LogP contribution in [0.3, 0.4) is 0 Å². The molecule has 0 bridgehead atoms. The Hall–Kier alpha value is -2.27. The number of hydrogen-bond acceptors (Lipinski definition) is 3. The van der Waals surface area contributed by atoms with Gasteiger partial charge >= 0.3 is 0 Å². The summed E-state index contributed by atoms with van der Waals surface area (Å²) >= 11 is 1.66. The van der Waals surface area contributed by atoms with E-state index >= 15 is 0 Å². The van der Waals surface area contributed by atoms with Gasteiger partial charge in [0.1, 0.15) is 6.04 Å². The van der Waals surface area contributed by atoms with Crippen molar-refractivity contribution in [3.8, 4) is 0 Å². The Morgan fingerprint density at radius 3 is 2.42 bits per heavy atom. The van der Waals surface area contributed by atoms with Gasteiger partial charge in [-0.05, 0) is 50.0 Å². The standard InChI is InChI=1S/C21H26N2O2S/c1-15-8-7-11-18(14-15)20(24)23-19(12-13-26-3)21(25)22-16(2)17-9-5-4-6-10-17/h4-11,14,16,19H,12-13H2,1-3H3,(H,22,25)(H,23,24)/t16-,19+/m0/s1. The molecule has 0 unspecified atom stereocenters. The molecule has 2 aromatic carbocycles. The van der Waals surface area contributed by atoms with Crippen molar-refractivity contribution in [1.82, 2.24) is 10.6 Å². The lowest BCUT2D eigenvalue weighted by molar-refractivity contribution is -0.123. The molecule has 0 spiro atoms. The molecule has 2 rings (SSSR count). The Kier molecular flexibility index (Phi) is 7.73. The third-order valence-electron chi connectivity index (χ3n) is 4.17. The van der Waals surface area contributed by atoms with Gasteiger partial charge in [-0.3, -0.25) is 9.59 Å². The zero-order valence-electron chi connectivity index (χ0n) is 15.5. The molecule has 138 valence electrons. The number of carbonyl (C=O) groups is 2. The minimum absolute atomic E-state index is 0.114. The number of amides is 2. The molecule has 26 heavy (non-hydrogen) atoms. The first-order chi connectivity index (χ1) is 12.5. The molecule has 2 N–H and O–H groups in total. The second kappa shape index (κ2) is 10.0. The summed E-state index contributed by atoms with van der Waals surface area (Å²) < 4.78 is 0. The number of thioether (sulfide) groups is 1. The quantitative estimate of drug-likeness (QED) is 0.744. The highest BCUT2D eigenvalue weighted by Gasteiger charge is 2.22. The molecule has 0 aliphatic carbocycles. The number of hydrogen-bond donors (Lipinski definition) is 2. The SMILES string of the molecule is CSCC[C@@H](NC(=O)c1cccc(C)c1)C(=O)N[C@@H](C)c1ccccc1. The van der Waals surface area contributed by atoms with Crippen LogP contribution in [-0.4, -0.2) is 29.9 Å². The van der Waals surface area contributed by atoms with Gasteiger partial charge in [-0.25, -0.2) is 0 Å². The van der Waals surface area contributed by atoms with E-state index in [9.17, 15) is 9.59 Å². The second-order valence-corrected chi connectivity index (χ2v) is 7.30. The molecule has 0 saturated carbocycles. The summed E-state index contributed by atoms with van der Waals surface area (Å²) in [7, 11) is 0. The fourth-order valence-corrected chi connectivity index (χ4v) is 3.14. The topological polar surface area (TPSA) is 58.2 Å². The van der Waals surface area contributed by atoms with E-state index in [1.54, 1.807) is 17.8 Å². The summed E-state index contributed by atoms with van der Waals surface area (Å²) in [6.45, 7) is 3.89. The lowest BCUT2D eigenvalue weighted by Gasteiger charge is -2.21. The van der Waals surface area contributed by atoms with Crippen molar-refractivity contribution >= 4 is 23.6 Å². The molecular weight excluding hydrogens is 344 g/mol. The normalized spacial score (nSPS) is 12.9. The molecule has 2 amide bonds. The summed E-state index contributed by atoms with van der Waals surface area (Å²) in [5, 5.41) is 5.90. The number of benzene rings is 2. The van der Waals surface area contributed by atoms with Crippen molar-refractivity contribution in [2.75, 3.05) is 12.0 Å². The maximum Gasteiger partial charge on any atom is 0.251 e. The van der Waals surface area contributed by atoms with Crippen LogP contribution in [0.4, 0.5) is 0 Å². The Morgan fingerprint density at radius 1 is 1.04 bits per heavy atom. The smallest absolute Gasteiger partial charge is 0.251 e. The zero-order chi connectivity index (χ0) is 18.9. The predicted molar refractivity (Wildman–Crippen MR) is 108 cm³/mol. The van der Waals surface area contributed by atoms with E-state index in [-0.39, 0.29) is 17.9 Å². The van der Waals surface area contributed by atoms with Crippen molar-refractivity contribution in [2.45, 2.75) is 32.4 Å². The van der Waals surface area contributed by atoms with Gasteiger partial charge in [-0.15, -0.1) is 0 Å². The van der Waals surface area contributed by atoms with Gasteiger partial charge in [-0.2, -0.15) is 11.8 Å².